The van der Waals surface area contributed by atoms with Gasteiger partial charge in [0, 0.05) is 10.3 Å². The highest BCUT2D eigenvalue weighted by Crippen LogP contribution is 2.21. The molecule has 6 heteroatoms. The van der Waals surface area contributed by atoms with Crippen LogP contribution in [0.25, 0.3) is 26.8 Å². The number of fused-ring (bicyclic) bond motifs is 2. The Bertz CT molecular complexity index is 1150. The summed E-state index contributed by atoms with van der Waals surface area (Å²) in [6.45, 7) is 2.02. The van der Waals surface area contributed by atoms with E-state index in [0.717, 1.165) is 26.8 Å². The summed E-state index contributed by atoms with van der Waals surface area (Å²) < 4.78 is 1.15. The van der Waals surface area contributed by atoms with E-state index >= 15 is 0 Å². The summed E-state index contributed by atoms with van der Waals surface area (Å²) in [5.74, 6) is 0. The van der Waals surface area contributed by atoms with E-state index in [1.54, 1.807) is 12.3 Å². The molecule has 0 atom stereocenters. The van der Waals surface area contributed by atoms with Crippen molar-refractivity contribution in [2.45, 2.75) is 13.3 Å². The first-order valence-electron chi connectivity index (χ1n) is 7.30. The highest BCUT2D eigenvalue weighted by molar-refractivity contribution is 7.18. The number of pyridine rings is 1. The molecule has 0 unspecified atom stereocenters. The van der Waals surface area contributed by atoms with Gasteiger partial charge < -0.3 is 0 Å². The predicted octanol–water partition coefficient (Wildman–Crippen LogP) is 2.85. The van der Waals surface area contributed by atoms with Crippen molar-refractivity contribution in [3.63, 3.8) is 0 Å². The van der Waals surface area contributed by atoms with Gasteiger partial charge in [0.15, 0.2) is 0 Å². The Kier molecular flexibility index (Phi) is 3.12. The van der Waals surface area contributed by atoms with Gasteiger partial charge in [0.25, 0.3) is 5.56 Å². The van der Waals surface area contributed by atoms with E-state index in [1.165, 1.54) is 11.3 Å². The van der Waals surface area contributed by atoms with Crippen molar-refractivity contribution in [3.05, 3.63) is 68.3 Å². The van der Waals surface area contributed by atoms with Gasteiger partial charge in [-0.05, 0) is 24.6 Å². The summed E-state index contributed by atoms with van der Waals surface area (Å²) in [6.07, 6.45) is 2.39. The topological polar surface area (TPSA) is 67.8 Å². The molecule has 0 aliphatic heterocycles. The molecule has 0 aliphatic carbocycles. The van der Waals surface area contributed by atoms with Crippen LogP contribution >= 0.6 is 11.3 Å². The van der Waals surface area contributed by atoms with Crippen molar-refractivity contribution in [2.24, 2.45) is 0 Å². The molecule has 3 aromatic heterocycles. The molecule has 0 saturated heterocycles. The van der Waals surface area contributed by atoms with Crippen LogP contribution in [0.5, 0.6) is 0 Å². The van der Waals surface area contributed by atoms with Crippen molar-refractivity contribution < 1.29 is 0 Å². The lowest BCUT2D eigenvalue weighted by atomic mass is 10.2. The van der Waals surface area contributed by atoms with Crippen LogP contribution in [0.2, 0.25) is 0 Å². The molecule has 114 valence electrons. The van der Waals surface area contributed by atoms with Crippen molar-refractivity contribution in [3.8, 4) is 5.69 Å². The van der Waals surface area contributed by atoms with E-state index in [0.29, 0.717) is 15.9 Å². The van der Waals surface area contributed by atoms with Crippen LogP contribution in [0, 0.1) is 0 Å². The number of benzene rings is 1. The second kappa shape index (κ2) is 5.17. The number of aryl methyl sites for hydroxylation is 1. The van der Waals surface area contributed by atoms with Gasteiger partial charge >= 0.3 is 5.69 Å². The van der Waals surface area contributed by atoms with Gasteiger partial charge in [0.05, 0.1) is 22.8 Å². The fourth-order valence-corrected chi connectivity index (χ4v) is 3.63. The normalized spacial score (nSPS) is 11.3. The molecule has 4 aromatic rings. The van der Waals surface area contributed by atoms with Gasteiger partial charge in [-0.1, -0.05) is 25.1 Å². The number of nitrogens with zero attached hydrogens (tertiary/aromatic N) is 2. The summed E-state index contributed by atoms with van der Waals surface area (Å²) in [4.78, 5) is 33.9. The second-order valence-corrected chi connectivity index (χ2v) is 6.40. The molecule has 0 radical (unpaired) electrons. The number of aromatic nitrogens is 3. The minimum absolute atomic E-state index is 0.309. The molecule has 1 N–H and O–H groups in total. The Labute approximate surface area is 134 Å². The zero-order chi connectivity index (χ0) is 16.0. The largest absolute Gasteiger partial charge is 0.334 e. The van der Waals surface area contributed by atoms with Gasteiger partial charge in [0.2, 0.25) is 0 Å². The second-order valence-electron chi connectivity index (χ2n) is 5.27. The Morgan fingerprint density at radius 2 is 2.04 bits per heavy atom. The minimum Gasteiger partial charge on any atom is -0.298 e. The molecule has 5 nitrogen and oxygen atoms in total. The molecule has 0 spiro atoms. The van der Waals surface area contributed by atoms with Gasteiger partial charge in [-0.15, -0.1) is 11.3 Å². The number of thiophene rings is 1. The van der Waals surface area contributed by atoms with Crippen LogP contribution in [0.15, 0.2) is 52.2 Å². The minimum atomic E-state index is -0.441. The Morgan fingerprint density at radius 3 is 2.87 bits per heavy atom. The molecule has 0 saturated carbocycles. The fraction of sp³-hybridized carbons (Fsp3) is 0.118. The van der Waals surface area contributed by atoms with E-state index in [1.807, 2.05) is 37.3 Å². The fourth-order valence-electron chi connectivity index (χ4n) is 2.65. The first-order chi connectivity index (χ1) is 11.2. The number of hydrogen-bond donors (Lipinski definition) is 1. The van der Waals surface area contributed by atoms with Crippen molar-refractivity contribution in [1.82, 2.24) is 14.5 Å². The lowest BCUT2D eigenvalue weighted by molar-refractivity contribution is 0.900. The maximum absolute atomic E-state index is 12.7. The van der Waals surface area contributed by atoms with Crippen LogP contribution in [0.4, 0.5) is 0 Å². The molecule has 23 heavy (non-hydrogen) atoms. The lowest BCUT2D eigenvalue weighted by Gasteiger charge is -2.05. The Hall–Kier alpha value is -2.73. The van der Waals surface area contributed by atoms with Gasteiger partial charge in [-0.25, -0.2) is 9.36 Å². The number of hydrogen-bond acceptors (Lipinski definition) is 4. The Morgan fingerprint density at radius 1 is 1.22 bits per heavy atom. The van der Waals surface area contributed by atoms with Crippen LogP contribution in [0.1, 0.15) is 11.8 Å². The first kappa shape index (κ1) is 13.9. The predicted molar refractivity (Wildman–Crippen MR) is 92.7 cm³/mol. The van der Waals surface area contributed by atoms with Crippen LogP contribution < -0.4 is 11.2 Å². The summed E-state index contributed by atoms with van der Waals surface area (Å²) in [7, 11) is 0. The van der Waals surface area contributed by atoms with E-state index in [2.05, 4.69) is 9.97 Å². The first-order valence-corrected chi connectivity index (χ1v) is 8.12. The zero-order valence-corrected chi connectivity index (χ0v) is 13.2. The molecular formula is C17H13N3O2S. The van der Waals surface area contributed by atoms with E-state index in [4.69, 9.17) is 0 Å². The van der Waals surface area contributed by atoms with Gasteiger partial charge in [-0.2, -0.15) is 0 Å². The molecular weight excluding hydrogens is 310 g/mol. The molecule has 4 rings (SSSR count). The average Bonchev–Trinajstić information content (AvgIpc) is 2.98. The third-order valence-corrected chi connectivity index (χ3v) is 5.02. The van der Waals surface area contributed by atoms with Crippen LogP contribution in [-0.4, -0.2) is 14.5 Å². The number of para-hydroxylation sites is 1. The standard InChI is InChI=1S/C17H13N3O2S/c1-2-12-8-13-15(23-12)19-17(22)20(16(13)21)11-7-10-5-3-4-6-14(10)18-9-11/h3-9H,2H2,1H3,(H,19,22). The molecule has 3 heterocycles. The maximum Gasteiger partial charge on any atom is 0.334 e. The van der Waals surface area contributed by atoms with E-state index in [-0.39, 0.29) is 5.56 Å². The summed E-state index contributed by atoms with van der Waals surface area (Å²) in [6, 6.07) is 11.3. The highest BCUT2D eigenvalue weighted by Gasteiger charge is 2.13. The quantitative estimate of drug-likeness (QED) is 0.617. The molecule has 1 aromatic carbocycles. The third-order valence-electron chi connectivity index (χ3n) is 3.82. The third kappa shape index (κ3) is 2.19. The van der Waals surface area contributed by atoms with Gasteiger partial charge in [-0.3, -0.25) is 14.8 Å². The lowest BCUT2D eigenvalue weighted by Crippen LogP contribution is -2.33. The van der Waals surface area contributed by atoms with E-state index in [9.17, 15) is 9.59 Å². The monoisotopic (exact) mass is 323 g/mol. The number of rotatable bonds is 2. The molecule has 0 bridgehead atoms. The smallest absolute Gasteiger partial charge is 0.298 e. The van der Waals surface area contributed by atoms with E-state index < -0.39 is 5.69 Å². The summed E-state index contributed by atoms with van der Waals surface area (Å²) in [5, 5.41) is 1.43. The van der Waals surface area contributed by atoms with Gasteiger partial charge in [0.1, 0.15) is 4.83 Å². The molecule has 0 amide bonds. The van der Waals surface area contributed by atoms with Crippen LogP contribution in [-0.2, 0) is 6.42 Å². The Balaban J connectivity index is 2.03. The summed E-state index contributed by atoms with van der Waals surface area (Å²) in [5.41, 5.74) is 0.549. The molecule has 0 aliphatic rings. The number of nitrogens with one attached hydrogen (secondary N) is 1. The molecule has 0 fully saturated rings. The van der Waals surface area contributed by atoms with Crippen LogP contribution in [0.3, 0.4) is 0 Å². The van der Waals surface area contributed by atoms with Crippen molar-refractivity contribution in [1.29, 1.82) is 0 Å². The van der Waals surface area contributed by atoms with Crippen molar-refractivity contribution >= 4 is 32.5 Å². The SMILES string of the molecule is CCc1cc2c(=O)n(-c3cnc4ccccc4c3)c(=O)[nH]c2s1. The van der Waals surface area contributed by atoms with Crippen molar-refractivity contribution in [2.75, 3.05) is 0 Å². The summed E-state index contributed by atoms with van der Waals surface area (Å²) >= 11 is 1.45. The highest BCUT2D eigenvalue weighted by atomic mass is 32.1. The zero-order valence-electron chi connectivity index (χ0n) is 12.4. The average molecular weight is 323 g/mol. The number of H-pyrrole nitrogens is 1. The maximum atomic E-state index is 12.7. The number of aromatic amines is 1.